The molecule has 0 radical (unpaired) electrons. The van der Waals surface area contributed by atoms with Crippen LogP contribution < -0.4 is 9.04 Å². The third-order valence-electron chi connectivity index (χ3n) is 4.01. The summed E-state index contributed by atoms with van der Waals surface area (Å²) >= 11 is 0. The van der Waals surface area contributed by atoms with Gasteiger partial charge in [0.1, 0.15) is 12.3 Å². The molecule has 0 N–H and O–H groups in total. The molecule has 0 fully saturated rings. The number of hydrogen-bond donors (Lipinski definition) is 0. The lowest BCUT2D eigenvalue weighted by molar-refractivity contribution is -0.138. The van der Waals surface area contributed by atoms with Crippen LogP contribution in [-0.4, -0.2) is 48.2 Å². The highest BCUT2D eigenvalue weighted by Crippen LogP contribution is 2.28. The Hall–Kier alpha value is -3.07. The molecule has 0 heterocycles. The van der Waals surface area contributed by atoms with Gasteiger partial charge in [-0.3, -0.25) is 9.10 Å². The van der Waals surface area contributed by atoms with Crippen LogP contribution in [0.1, 0.15) is 15.9 Å². The van der Waals surface area contributed by atoms with Gasteiger partial charge in [0, 0.05) is 0 Å². The lowest BCUT2D eigenvalue weighted by atomic mass is 10.2. The van der Waals surface area contributed by atoms with Crippen molar-refractivity contribution in [1.82, 2.24) is 0 Å². The third kappa shape index (κ3) is 4.42. The van der Waals surface area contributed by atoms with Crippen LogP contribution in [0.2, 0.25) is 0 Å². The Bertz CT molecular complexity index is 986. The second-order valence-electron chi connectivity index (χ2n) is 5.76. The summed E-state index contributed by atoms with van der Waals surface area (Å²) in [6.45, 7) is 1.15. The first-order valence-corrected chi connectivity index (χ1v) is 9.61. The number of esters is 2. The molecule has 0 amide bonds. The van der Waals surface area contributed by atoms with E-state index in [2.05, 4.69) is 9.47 Å². The second-order valence-corrected chi connectivity index (χ2v) is 7.62. The van der Waals surface area contributed by atoms with Crippen LogP contribution in [0.5, 0.6) is 5.75 Å². The molecule has 0 aliphatic heterocycles. The van der Waals surface area contributed by atoms with Gasteiger partial charge in [-0.25, -0.2) is 13.2 Å². The van der Waals surface area contributed by atoms with E-state index in [0.29, 0.717) is 11.3 Å². The van der Waals surface area contributed by atoms with Crippen molar-refractivity contribution in [1.29, 1.82) is 0 Å². The normalized spacial score (nSPS) is 10.9. The Balaban J connectivity index is 2.58. The van der Waals surface area contributed by atoms with Gasteiger partial charge in [0.15, 0.2) is 0 Å². The minimum absolute atomic E-state index is 0.0295. The molecule has 0 spiro atoms. The number of ether oxygens (including phenoxy) is 3. The molecule has 0 atom stereocenters. The average molecular weight is 407 g/mol. The number of rotatable bonds is 7. The SMILES string of the molecule is COC(=O)CN(c1cccc(C(=O)OC)c1)S(=O)(=O)c1ccc(OC)c(C)c1. The maximum absolute atomic E-state index is 13.2. The molecule has 2 rings (SSSR count). The zero-order valence-corrected chi connectivity index (χ0v) is 16.8. The van der Waals surface area contributed by atoms with Gasteiger partial charge in [-0.2, -0.15) is 0 Å². The van der Waals surface area contributed by atoms with Crippen LogP contribution in [0, 0.1) is 6.92 Å². The smallest absolute Gasteiger partial charge is 0.337 e. The first kappa shape index (κ1) is 21.2. The van der Waals surface area contributed by atoms with Crippen molar-refractivity contribution >= 4 is 27.6 Å². The molecule has 0 aromatic heterocycles. The summed E-state index contributed by atoms with van der Waals surface area (Å²) in [6.07, 6.45) is 0. The Labute approximate surface area is 163 Å². The van der Waals surface area contributed by atoms with E-state index in [1.54, 1.807) is 6.92 Å². The van der Waals surface area contributed by atoms with E-state index in [1.165, 1.54) is 56.7 Å². The van der Waals surface area contributed by atoms with Crippen LogP contribution in [0.3, 0.4) is 0 Å². The number of carbonyl (C=O) groups is 2. The number of carbonyl (C=O) groups excluding carboxylic acids is 2. The molecule has 2 aromatic rings. The Morgan fingerprint density at radius 3 is 2.29 bits per heavy atom. The van der Waals surface area contributed by atoms with Gasteiger partial charge in [-0.1, -0.05) is 6.07 Å². The number of nitrogens with zero attached hydrogens (tertiary/aromatic N) is 1. The second kappa shape index (κ2) is 8.75. The van der Waals surface area contributed by atoms with E-state index in [9.17, 15) is 18.0 Å². The van der Waals surface area contributed by atoms with E-state index in [-0.39, 0.29) is 16.1 Å². The predicted octanol–water partition coefficient (Wildman–Crippen LogP) is 2.16. The van der Waals surface area contributed by atoms with Crippen molar-refractivity contribution in [3.63, 3.8) is 0 Å². The molecule has 0 aliphatic rings. The standard InChI is InChI=1S/C19H21NO7S/c1-13-10-16(8-9-17(13)25-2)28(23,24)20(12-18(21)26-3)15-7-5-6-14(11-15)19(22)27-4/h5-11H,12H2,1-4H3. The lowest BCUT2D eigenvalue weighted by Crippen LogP contribution is -2.36. The Morgan fingerprint density at radius 2 is 1.71 bits per heavy atom. The number of hydrogen-bond acceptors (Lipinski definition) is 7. The minimum Gasteiger partial charge on any atom is -0.496 e. The summed E-state index contributed by atoms with van der Waals surface area (Å²) in [4.78, 5) is 23.7. The monoisotopic (exact) mass is 407 g/mol. The number of anilines is 1. The zero-order chi connectivity index (χ0) is 20.9. The van der Waals surface area contributed by atoms with Crippen LogP contribution in [0.15, 0.2) is 47.4 Å². The van der Waals surface area contributed by atoms with Gasteiger partial charge in [0.2, 0.25) is 0 Å². The van der Waals surface area contributed by atoms with E-state index in [0.717, 1.165) is 11.4 Å². The largest absolute Gasteiger partial charge is 0.496 e. The Kier molecular flexibility index (Phi) is 6.63. The summed E-state index contributed by atoms with van der Waals surface area (Å²) in [6, 6.07) is 10.2. The van der Waals surface area contributed by atoms with E-state index < -0.39 is 28.5 Å². The molecule has 9 heteroatoms. The van der Waals surface area contributed by atoms with E-state index in [4.69, 9.17) is 4.74 Å². The van der Waals surface area contributed by atoms with Crippen molar-refractivity contribution in [2.75, 3.05) is 32.2 Å². The molecule has 28 heavy (non-hydrogen) atoms. The fourth-order valence-corrected chi connectivity index (χ4v) is 4.03. The maximum atomic E-state index is 13.2. The Morgan fingerprint density at radius 1 is 1.00 bits per heavy atom. The maximum Gasteiger partial charge on any atom is 0.337 e. The summed E-state index contributed by atoms with van der Waals surface area (Å²) < 4.78 is 41.8. The van der Waals surface area contributed by atoms with Crippen molar-refractivity contribution in [3.8, 4) is 5.75 Å². The molecule has 0 unspecified atom stereocenters. The molecular weight excluding hydrogens is 386 g/mol. The van der Waals surface area contributed by atoms with Crippen molar-refractivity contribution in [3.05, 3.63) is 53.6 Å². The number of aryl methyl sites for hydroxylation is 1. The van der Waals surface area contributed by atoms with E-state index in [1.807, 2.05) is 0 Å². The summed E-state index contributed by atoms with van der Waals surface area (Å²) in [7, 11) is -0.264. The molecule has 150 valence electrons. The fraction of sp³-hybridized carbons (Fsp3) is 0.263. The van der Waals surface area contributed by atoms with Crippen molar-refractivity contribution in [2.24, 2.45) is 0 Å². The summed E-state index contributed by atoms with van der Waals surface area (Å²) in [5.74, 6) is -0.846. The quantitative estimate of drug-likeness (QED) is 0.649. The summed E-state index contributed by atoms with van der Waals surface area (Å²) in [5.41, 5.74) is 0.891. The van der Waals surface area contributed by atoms with Crippen LogP contribution >= 0.6 is 0 Å². The molecular formula is C19H21NO7S. The van der Waals surface area contributed by atoms with Crippen molar-refractivity contribution < 1.29 is 32.2 Å². The fourth-order valence-electron chi connectivity index (χ4n) is 2.54. The topological polar surface area (TPSA) is 99.2 Å². The van der Waals surface area contributed by atoms with Crippen LogP contribution in [0.4, 0.5) is 5.69 Å². The van der Waals surface area contributed by atoms with Gasteiger partial charge in [-0.05, 0) is 48.9 Å². The number of benzene rings is 2. The highest BCUT2D eigenvalue weighted by molar-refractivity contribution is 7.92. The van der Waals surface area contributed by atoms with E-state index >= 15 is 0 Å². The first-order valence-electron chi connectivity index (χ1n) is 8.17. The highest BCUT2D eigenvalue weighted by Gasteiger charge is 2.28. The average Bonchev–Trinajstić information content (AvgIpc) is 2.70. The highest BCUT2D eigenvalue weighted by atomic mass is 32.2. The number of methoxy groups -OCH3 is 3. The van der Waals surface area contributed by atoms with Gasteiger partial charge < -0.3 is 14.2 Å². The van der Waals surface area contributed by atoms with Gasteiger partial charge in [0.25, 0.3) is 10.0 Å². The molecule has 0 aliphatic carbocycles. The molecule has 2 aromatic carbocycles. The predicted molar refractivity (Wildman–Crippen MR) is 102 cm³/mol. The number of sulfonamides is 1. The lowest BCUT2D eigenvalue weighted by Gasteiger charge is -2.24. The van der Waals surface area contributed by atoms with Gasteiger partial charge >= 0.3 is 11.9 Å². The zero-order valence-electron chi connectivity index (χ0n) is 16.0. The van der Waals surface area contributed by atoms with Crippen LogP contribution in [0.25, 0.3) is 0 Å². The van der Waals surface area contributed by atoms with Crippen LogP contribution in [-0.2, 0) is 24.3 Å². The minimum atomic E-state index is -4.13. The molecule has 0 saturated heterocycles. The third-order valence-corrected chi connectivity index (χ3v) is 5.78. The van der Waals surface area contributed by atoms with Gasteiger partial charge in [0.05, 0.1) is 37.5 Å². The first-order chi connectivity index (χ1) is 13.2. The molecule has 0 saturated carbocycles. The van der Waals surface area contributed by atoms with Gasteiger partial charge in [-0.15, -0.1) is 0 Å². The molecule has 8 nitrogen and oxygen atoms in total. The van der Waals surface area contributed by atoms with Crippen molar-refractivity contribution in [2.45, 2.75) is 11.8 Å². The molecule has 0 bridgehead atoms. The summed E-state index contributed by atoms with van der Waals surface area (Å²) in [5, 5.41) is 0.